The normalized spacial score (nSPS) is 21.9. The third-order valence-electron chi connectivity index (χ3n) is 4.12. The molecule has 0 aliphatic heterocycles. The van der Waals surface area contributed by atoms with Crippen LogP contribution in [0.1, 0.15) is 47.7 Å². The van der Waals surface area contributed by atoms with Crippen molar-refractivity contribution in [3.63, 3.8) is 0 Å². The second-order valence-corrected chi connectivity index (χ2v) is 6.50. The number of aryl methyl sites for hydroxylation is 2. The van der Waals surface area contributed by atoms with Crippen LogP contribution in [-0.4, -0.2) is 22.2 Å². The first kappa shape index (κ1) is 11.6. The summed E-state index contributed by atoms with van der Waals surface area (Å²) in [6, 6.07) is 0. The van der Waals surface area contributed by atoms with E-state index in [0.717, 1.165) is 25.8 Å². The molecule has 0 aromatic carbocycles. The van der Waals surface area contributed by atoms with Crippen molar-refractivity contribution in [1.29, 1.82) is 0 Å². The predicted molar refractivity (Wildman–Crippen MR) is 69.3 cm³/mol. The van der Waals surface area contributed by atoms with Crippen molar-refractivity contribution in [2.45, 2.75) is 57.0 Å². The van der Waals surface area contributed by atoms with Gasteiger partial charge < -0.3 is 10.4 Å². The van der Waals surface area contributed by atoms with Gasteiger partial charge in [-0.25, -0.2) is 4.98 Å². The van der Waals surface area contributed by atoms with Crippen LogP contribution in [0.2, 0.25) is 0 Å². The summed E-state index contributed by atoms with van der Waals surface area (Å²) in [6.45, 7) is 1.09. The van der Waals surface area contributed by atoms with Crippen LogP contribution in [0.25, 0.3) is 0 Å². The summed E-state index contributed by atoms with van der Waals surface area (Å²) in [4.78, 5) is 6.18. The summed E-state index contributed by atoms with van der Waals surface area (Å²) < 4.78 is 0. The minimum Gasteiger partial charge on any atom is -0.394 e. The van der Waals surface area contributed by atoms with Crippen molar-refractivity contribution in [2.24, 2.45) is 0 Å². The molecule has 94 valence electrons. The maximum atomic E-state index is 9.53. The molecule has 0 radical (unpaired) electrons. The molecule has 2 aliphatic rings. The van der Waals surface area contributed by atoms with E-state index in [1.807, 2.05) is 11.3 Å². The first-order valence-corrected chi connectivity index (χ1v) is 7.46. The Labute approximate surface area is 106 Å². The van der Waals surface area contributed by atoms with Gasteiger partial charge in [-0.3, -0.25) is 0 Å². The number of aliphatic hydroxyl groups is 1. The molecule has 2 N–H and O–H groups in total. The SMILES string of the molecule is OCC1(NCc2nc3c(s2)CCC3)CCCC1. The van der Waals surface area contributed by atoms with Gasteiger partial charge in [0.05, 0.1) is 12.3 Å². The fraction of sp³-hybridized carbons (Fsp3) is 0.769. The molecule has 1 aromatic heterocycles. The van der Waals surface area contributed by atoms with Gasteiger partial charge in [-0.2, -0.15) is 0 Å². The average molecular weight is 252 g/mol. The maximum absolute atomic E-state index is 9.53. The van der Waals surface area contributed by atoms with Gasteiger partial charge in [0.1, 0.15) is 5.01 Å². The zero-order chi connectivity index (χ0) is 11.7. The second-order valence-electron chi connectivity index (χ2n) is 5.33. The third-order valence-corrected chi connectivity index (χ3v) is 5.28. The van der Waals surface area contributed by atoms with Crippen LogP contribution < -0.4 is 5.32 Å². The molecule has 0 unspecified atom stereocenters. The van der Waals surface area contributed by atoms with E-state index >= 15 is 0 Å². The van der Waals surface area contributed by atoms with Gasteiger partial charge in [0, 0.05) is 17.0 Å². The lowest BCUT2D eigenvalue weighted by atomic mass is 9.99. The molecule has 0 amide bonds. The van der Waals surface area contributed by atoms with E-state index in [1.54, 1.807) is 0 Å². The minimum absolute atomic E-state index is 0.0177. The average Bonchev–Trinajstić information content (AvgIpc) is 3.02. The topological polar surface area (TPSA) is 45.1 Å². The minimum atomic E-state index is -0.0177. The van der Waals surface area contributed by atoms with Crippen LogP contribution in [0, 0.1) is 0 Å². The molecule has 4 heteroatoms. The monoisotopic (exact) mass is 252 g/mol. The number of nitrogens with zero attached hydrogens (tertiary/aromatic N) is 1. The molecule has 3 nitrogen and oxygen atoms in total. The maximum Gasteiger partial charge on any atom is 0.107 e. The van der Waals surface area contributed by atoms with Crippen LogP contribution in [0.5, 0.6) is 0 Å². The molecule has 1 fully saturated rings. The lowest BCUT2D eigenvalue weighted by Gasteiger charge is -2.27. The number of thiazole rings is 1. The fourth-order valence-corrected chi connectivity index (χ4v) is 4.12. The van der Waals surface area contributed by atoms with Gasteiger partial charge >= 0.3 is 0 Å². The van der Waals surface area contributed by atoms with Crippen LogP contribution in [0.15, 0.2) is 0 Å². The number of aromatic nitrogens is 1. The smallest absolute Gasteiger partial charge is 0.107 e. The molecule has 0 atom stereocenters. The van der Waals surface area contributed by atoms with Crippen LogP contribution in [0.4, 0.5) is 0 Å². The van der Waals surface area contributed by atoms with Crippen LogP contribution in [0.3, 0.4) is 0 Å². The summed E-state index contributed by atoms with van der Waals surface area (Å²) in [5.41, 5.74) is 1.31. The molecular weight excluding hydrogens is 232 g/mol. The van der Waals surface area contributed by atoms with Crippen molar-refractivity contribution >= 4 is 11.3 Å². The Kier molecular flexibility index (Phi) is 3.19. The Morgan fingerprint density at radius 2 is 2.06 bits per heavy atom. The quantitative estimate of drug-likeness (QED) is 0.862. The number of aliphatic hydroxyl groups excluding tert-OH is 1. The van der Waals surface area contributed by atoms with Crippen molar-refractivity contribution < 1.29 is 5.11 Å². The van der Waals surface area contributed by atoms with Crippen molar-refractivity contribution in [2.75, 3.05) is 6.61 Å². The summed E-state index contributed by atoms with van der Waals surface area (Å²) in [6.07, 6.45) is 8.35. The van der Waals surface area contributed by atoms with Gasteiger partial charge in [-0.05, 0) is 32.1 Å². The highest BCUT2D eigenvalue weighted by molar-refractivity contribution is 7.11. The zero-order valence-electron chi connectivity index (χ0n) is 10.2. The van der Waals surface area contributed by atoms with E-state index in [4.69, 9.17) is 4.98 Å². The van der Waals surface area contributed by atoms with E-state index < -0.39 is 0 Å². The number of rotatable bonds is 4. The van der Waals surface area contributed by atoms with Crippen molar-refractivity contribution in [3.8, 4) is 0 Å². The van der Waals surface area contributed by atoms with E-state index in [2.05, 4.69) is 5.32 Å². The third kappa shape index (κ3) is 2.26. The van der Waals surface area contributed by atoms with Crippen LogP contribution >= 0.6 is 11.3 Å². The van der Waals surface area contributed by atoms with Gasteiger partial charge in [-0.15, -0.1) is 11.3 Å². The number of hydrogen-bond donors (Lipinski definition) is 2. The van der Waals surface area contributed by atoms with Gasteiger partial charge in [0.15, 0.2) is 0 Å². The Morgan fingerprint density at radius 3 is 2.76 bits per heavy atom. The fourth-order valence-electron chi connectivity index (χ4n) is 3.03. The van der Waals surface area contributed by atoms with E-state index in [-0.39, 0.29) is 12.1 Å². The lowest BCUT2D eigenvalue weighted by Crippen LogP contribution is -2.45. The Morgan fingerprint density at radius 1 is 1.24 bits per heavy atom. The van der Waals surface area contributed by atoms with Gasteiger partial charge in [-0.1, -0.05) is 12.8 Å². The summed E-state index contributed by atoms with van der Waals surface area (Å²) in [5.74, 6) is 0. The van der Waals surface area contributed by atoms with Crippen LogP contribution in [-0.2, 0) is 19.4 Å². The Hall–Kier alpha value is -0.450. The zero-order valence-corrected chi connectivity index (χ0v) is 11.0. The van der Waals surface area contributed by atoms with Gasteiger partial charge in [0.25, 0.3) is 0 Å². The standard InChI is InChI=1S/C13H20N2OS/c16-9-13(6-1-2-7-13)14-8-12-15-10-4-3-5-11(10)17-12/h14,16H,1-9H2. The lowest BCUT2D eigenvalue weighted by molar-refractivity contribution is 0.163. The molecular formula is C13H20N2OS. The molecule has 1 saturated carbocycles. The summed E-state index contributed by atoms with van der Waals surface area (Å²) in [5, 5.41) is 14.3. The highest BCUT2D eigenvalue weighted by Gasteiger charge is 2.32. The molecule has 0 saturated heterocycles. The first-order valence-electron chi connectivity index (χ1n) is 6.65. The van der Waals surface area contributed by atoms with E-state index in [1.165, 1.54) is 41.3 Å². The first-order chi connectivity index (χ1) is 8.31. The molecule has 1 aromatic rings. The highest BCUT2D eigenvalue weighted by atomic mass is 32.1. The molecule has 0 spiro atoms. The highest BCUT2D eigenvalue weighted by Crippen LogP contribution is 2.31. The number of hydrogen-bond acceptors (Lipinski definition) is 4. The second kappa shape index (κ2) is 4.67. The molecule has 2 aliphatic carbocycles. The number of fused-ring (bicyclic) bond motifs is 1. The Bertz CT molecular complexity index is 375. The van der Waals surface area contributed by atoms with E-state index in [0.29, 0.717) is 0 Å². The molecule has 0 bridgehead atoms. The number of nitrogens with one attached hydrogen (secondary N) is 1. The van der Waals surface area contributed by atoms with Crippen molar-refractivity contribution in [1.82, 2.24) is 10.3 Å². The summed E-state index contributed by atoms with van der Waals surface area (Å²) in [7, 11) is 0. The largest absolute Gasteiger partial charge is 0.394 e. The Balaban J connectivity index is 1.63. The van der Waals surface area contributed by atoms with Gasteiger partial charge in [0.2, 0.25) is 0 Å². The van der Waals surface area contributed by atoms with Crippen molar-refractivity contribution in [3.05, 3.63) is 15.6 Å². The molecule has 1 heterocycles. The summed E-state index contributed by atoms with van der Waals surface area (Å²) >= 11 is 1.86. The molecule has 17 heavy (non-hydrogen) atoms. The predicted octanol–water partition coefficient (Wildman–Crippen LogP) is 2.03. The van der Waals surface area contributed by atoms with E-state index in [9.17, 15) is 5.11 Å². The molecule has 3 rings (SSSR count).